The minimum atomic E-state index is -0.491. The molecule has 0 spiro atoms. The van der Waals surface area contributed by atoms with E-state index in [4.69, 9.17) is 13.9 Å². The molecule has 1 unspecified atom stereocenters. The van der Waals surface area contributed by atoms with Crippen LogP contribution in [0.5, 0.6) is 5.75 Å². The number of hydrogen-bond acceptors (Lipinski definition) is 7. The number of amides is 3. The van der Waals surface area contributed by atoms with Gasteiger partial charge in [0.25, 0.3) is 0 Å². The van der Waals surface area contributed by atoms with Gasteiger partial charge in [0, 0.05) is 37.0 Å². The van der Waals surface area contributed by atoms with Crippen LogP contribution in [0.4, 0.5) is 21.0 Å². The molecule has 44 heavy (non-hydrogen) atoms. The molecule has 3 N–H and O–H groups in total. The molecule has 0 aliphatic carbocycles. The number of nitrogens with one attached hydrogen (secondary N) is 3. The Bertz CT molecular complexity index is 1460. The smallest absolute Gasteiger partial charge is 0.408 e. The van der Waals surface area contributed by atoms with Gasteiger partial charge < -0.3 is 34.7 Å². The third-order valence-corrected chi connectivity index (χ3v) is 6.99. The van der Waals surface area contributed by atoms with E-state index < -0.39 is 12.1 Å². The number of aromatic nitrogens is 1. The molecule has 3 amide bonds. The lowest BCUT2D eigenvalue weighted by molar-refractivity contribution is 0.0835. The zero-order valence-corrected chi connectivity index (χ0v) is 25.5. The monoisotopic (exact) mass is 599 g/mol. The molecule has 0 bridgehead atoms. The second-order valence-corrected chi connectivity index (χ2v) is 10.3. The lowest BCUT2D eigenvalue weighted by Crippen LogP contribution is -2.30. The van der Waals surface area contributed by atoms with E-state index in [0.717, 1.165) is 49.2 Å². The summed E-state index contributed by atoms with van der Waals surface area (Å²) in [6.07, 6.45) is 4.97. The predicted octanol–water partition coefficient (Wildman–Crippen LogP) is 7.47. The van der Waals surface area contributed by atoms with Crippen molar-refractivity contribution in [2.24, 2.45) is 0 Å². The maximum absolute atomic E-state index is 12.9. The number of alkyl carbamates (subject to hydrolysis) is 1. The third-order valence-electron chi connectivity index (χ3n) is 6.99. The van der Waals surface area contributed by atoms with Crippen molar-refractivity contribution in [1.29, 1.82) is 0 Å². The number of benzene rings is 3. The van der Waals surface area contributed by atoms with E-state index in [0.29, 0.717) is 29.3 Å². The van der Waals surface area contributed by atoms with Crippen LogP contribution in [-0.4, -0.2) is 48.8 Å². The maximum atomic E-state index is 12.9. The van der Waals surface area contributed by atoms with Crippen molar-refractivity contribution in [2.45, 2.75) is 45.8 Å². The molecule has 232 valence electrons. The number of oxazole rings is 1. The van der Waals surface area contributed by atoms with Crippen LogP contribution in [0.15, 0.2) is 89.8 Å². The fourth-order valence-corrected chi connectivity index (χ4v) is 4.95. The number of anilines is 2. The molecule has 1 atom stereocenters. The molecule has 10 heteroatoms. The molecule has 10 nitrogen and oxygen atoms in total. The van der Waals surface area contributed by atoms with Crippen molar-refractivity contribution in [1.82, 2.24) is 15.2 Å². The molecule has 0 saturated heterocycles. The average Bonchev–Trinajstić information content (AvgIpc) is 3.57. The first kappa shape index (κ1) is 32.1. The third kappa shape index (κ3) is 9.60. The molecule has 1 aromatic heterocycles. The average molecular weight is 600 g/mol. The van der Waals surface area contributed by atoms with Gasteiger partial charge in [0.15, 0.2) is 12.2 Å². The van der Waals surface area contributed by atoms with Crippen LogP contribution in [0.3, 0.4) is 0 Å². The van der Waals surface area contributed by atoms with Gasteiger partial charge in [-0.05, 0) is 61.3 Å². The van der Waals surface area contributed by atoms with Gasteiger partial charge in [-0.1, -0.05) is 56.3 Å². The van der Waals surface area contributed by atoms with E-state index >= 15 is 0 Å². The molecule has 0 aliphatic heterocycles. The summed E-state index contributed by atoms with van der Waals surface area (Å²) in [5.41, 5.74) is 3.63. The van der Waals surface area contributed by atoms with Gasteiger partial charge in [-0.3, -0.25) is 0 Å². The molecular weight excluding hydrogens is 558 g/mol. The van der Waals surface area contributed by atoms with Crippen molar-refractivity contribution < 1.29 is 23.5 Å². The second-order valence-electron chi connectivity index (χ2n) is 10.3. The highest BCUT2D eigenvalue weighted by Gasteiger charge is 2.18. The Kier molecular flexibility index (Phi) is 12.2. The number of carbonyl (C=O) groups is 2. The first-order valence-corrected chi connectivity index (χ1v) is 14.9. The minimum Gasteiger partial charge on any atom is -0.496 e. The minimum absolute atomic E-state index is 0.246. The zero-order valence-electron chi connectivity index (χ0n) is 25.5. The summed E-state index contributed by atoms with van der Waals surface area (Å²) in [6, 6.07) is 21.9. The number of urea groups is 1. The second kappa shape index (κ2) is 16.7. The number of methoxy groups -OCH3 is 1. The lowest BCUT2D eigenvalue weighted by atomic mass is 10.1. The Labute approximate surface area is 258 Å². The first-order valence-electron chi connectivity index (χ1n) is 14.9. The Balaban J connectivity index is 1.31. The van der Waals surface area contributed by atoms with Gasteiger partial charge in [-0.25, -0.2) is 14.6 Å². The van der Waals surface area contributed by atoms with E-state index in [2.05, 4.69) is 39.7 Å². The predicted molar refractivity (Wildman–Crippen MR) is 172 cm³/mol. The summed E-state index contributed by atoms with van der Waals surface area (Å²) < 4.78 is 16.7. The summed E-state index contributed by atoms with van der Waals surface area (Å²) in [4.78, 5) is 32.0. The van der Waals surface area contributed by atoms with Crippen molar-refractivity contribution >= 4 is 23.5 Å². The number of nitrogens with zero attached hydrogens (tertiary/aromatic N) is 2. The fraction of sp³-hybridized carbons (Fsp3) is 0.324. The summed E-state index contributed by atoms with van der Waals surface area (Å²) in [6.45, 7) is 7.49. The SMILES string of the molecule is CCCN(CCC)CCC(OC(=O)NCc1cccc(NC(=O)Nc2ccc(-c3cnco3)c(OC)c2)c1)c1ccccc1. The highest BCUT2D eigenvalue weighted by atomic mass is 16.6. The topological polar surface area (TPSA) is 118 Å². The number of carbonyl (C=O) groups excluding carboxylic acids is 2. The standard InChI is InChI=1S/C34H41N5O5/c1-4-17-39(18-5-2)19-16-30(26-11-7-6-8-12-26)44-34(41)36-22-25-10-9-13-27(20-25)37-33(40)38-28-14-15-29(31(21-28)42-3)32-23-35-24-43-32/h6-15,20-21,23-24,30H,4-5,16-19,22H2,1-3H3,(H,36,41)(H2,37,38,40). The van der Waals surface area contributed by atoms with Crippen LogP contribution in [0, 0.1) is 0 Å². The van der Waals surface area contributed by atoms with E-state index in [-0.39, 0.29) is 12.6 Å². The Morgan fingerprint density at radius 2 is 1.66 bits per heavy atom. The Morgan fingerprint density at radius 1 is 0.909 bits per heavy atom. The van der Waals surface area contributed by atoms with Crippen LogP contribution in [0.1, 0.15) is 50.3 Å². The summed E-state index contributed by atoms with van der Waals surface area (Å²) in [7, 11) is 1.55. The Morgan fingerprint density at radius 3 is 2.34 bits per heavy atom. The molecule has 3 aromatic carbocycles. The maximum Gasteiger partial charge on any atom is 0.408 e. The summed E-state index contributed by atoms with van der Waals surface area (Å²) in [5.74, 6) is 1.10. The fourth-order valence-electron chi connectivity index (χ4n) is 4.95. The first-order chi connectivity index (χ1) is 21.5. The quantitative estimate of drug-likeness (QED) is 0.130. The van der Waals surface area contributed by atoms with Gasteiger partial charge in [0.2, 0.25) is 0 Å². The zero-order chi connectivity index (χ0) is 31.1. The Hall–Kier alpha value is -4.83. The van der Waals surface area contributed by atoms with E-state index in [9.17, 15) is 9.59 Å². The van der Waals surface area contributed by atoms with Crippen LogP contribution in [0.2, 0.25) is 0 Å². The molecule has 0 saturated carbocycles. The van der Waals surface area contributed by atoms with Crippen molar-refractivity contribution in [3.05, 3.63) is 96.5 Å². The van der Waals surface area contributed by atoms with Gasteiger partial charge in [0.1, 0.15) is 11.9 Å². The number of ether oxygens (including phenoxy) is 2. The molecule has 0 fully saturated rings. The molecule has 1 heterocycles. The summed E-state index contributed by atoms with van der Waals surface area (Å²) in [5, 5.41) is 8.50. The molecule has 0 aliphatic rings. The van der Waals surface area contributed by atoms with Crippen molar-refractivity contribution in [3.8, 4) is 17.1 Å². The largest absolute Gasteiger partial charge is 0.496 e. The van der Waals surface area contributed by atoms with Crippen LogP contribution in [0.25, 0.3) is 11.3 Å². The molecule has 4 aromatic rings. The van der Waals surface area contributed by atoms with E-state index in [1.54, 1.807) is 43.6 Å². The lowest BCUT2D eigenvalue weighted by Gasteiger charge is -2.25. The number of rotatable bonds is 15. The highest BCUT2D eigenvalue weighted by Crippen LogP contribution is 2.32. The van der Waals surface area contributed by atoms with Crippen LogP contribution >= 0.6 is 0 Å². The van der Waals surface area contributed by atoms with E-state index in [1.165, 1.54) is 6.39 Å². The van der Waals surface area contributed by atoms with Crippen LogP contribution in [-0.2, 0) is 11.3 Å². The van der Waals surface area contributed by atoms with Crippen molar-refractivity contribution in [2.75, 3.05) is 37.4 Å². The van der Waals surface area contributed by atoms with Gasteiger partial charge in [-0.15, -0.1) is 0 Å². The van der Waals surface area contributed by atoms with Crippen molar-refractivity contribution in [3.63, 3.8) is 0 Å². The van der Waals surface area contributed by atoms with Gasteiger partial charge in [-0.2, -0.15) is 0 Å². The molecule has 4 rings (SSSR count). The van der Waals surface area contributed by atoms with Crippen LogP contribution < -0.4 is 20.7 Å². The van der Waals surface area contributed by atoms with Gasteiger partial charge >= 0.3 is 12.1 Å². The molecular formula is C34H41N5O5. The summed E-state index contributed by atoms with van der Waals surface area (Å²) >= 11 is 0. The normalized spacial score (nSPS) is 11.5. The highest BCUT2D eigenvalue weighted by molar-refractivity contribution is 6.00. The van der Waals surface area contributed by atoms with E-state index in [1.807, 2.05) is 42.5 Å². The number of hydrogen-bond donors (Lipinski definition) is 3. The molecule has 0 radical (unpaired) electrons. The van der Waals surface area contributed by atoms with Gasteiger partial charge in [0.05, 0.1) is 18.9 Å².